The molecule has 1 fully saturated rings. The van der Waals surface area contributed by atoms with Gasteiger partial charge in [0.25, 0.3) is 0 Å². The van der Waals surface area contributed by atoms with Gasteiger partial charge in [-0.3, -0.25) is 0 Å². The van der Waals surface area contributed by atoms with E-state index in [2.05, 4.69) is 0 Å². The van der Waals surface area contributed by atoms with Gasteiger partial charge in [-0.25, -0.2) is 0 Å². The number of ether oxygens (including phenoxy) is 1. The Morgan fingerprint density at radius 3 is 2.07 bits per heavy atom. The maximum Gasteiger partial charge on any atom is 0.566 e. The lowest BCUT2D eigenvalue weighted by molar-refractivity contribution is -0.0116. The van der Waals surface area contributed by atoms with E-state index < -0.39 is 14.9 Å². The standard InChI is InChI=1S/C24H34O5Si/c1-3-26-30(27-4-2,29-22-13-9-6-10-14-22)18-17-20-15-16-23(25)24(19-20)28-21-11-7-5-8-12-21/h5-14,20,23-25H,3-4,15-19H2,1-2H3. The summed E-state index contributed by atoms with van der Waals surface area (Å²) in [5.74, 6) is 2.03. The third-order valence-electron chi connectivity index (χ3n) is 5.50. The van der Waals surface area contributed by atoms with Crippen molar-refractivity contribution >= 4 is 8.80 Å². The van der Waals surface area contributed by atoms with Crippen LogP contribution in [0.25, 0.3) is 0 Å². The molecule has 1 aliphatic carbocycles. The molecule has 1 aliphatic rings. The summed E-state index contributed by atoms with van der Waals surface area (Å²) in [6, 6.07) is 20.3. The summed E-state index contributed by atoms with van der Waals surface area (Å²) in [7, 11) is -2.84. The molecule has 30 heavy (non-hydrogen) atoms. The van der Waals surface area contributed by atoms with E-state index in [9.17, 15) is 5.11 Å². The Morgan fingerprint density at radius 2 is 1.47 bits per heavy atom. The minimum absolute atomic E-state index is 0.184. The highest BCUT2D eigenvalue weighted by Gasteiger charge is 2.44. The van der Waals surface area contributed by atoms with Crippen molar-refractivity contribution in [2.24, 2.45) is 5.92 Å². The van der Waals surface area contributed by atoms with Gasteiger partial charge in [0.15, 0.2) is 0 Å². The summed E-state index contributed by atoms with van der Waals surface area (Å²) in [4.78, 5) is 0. The summed E-state index contributed by atoms with van der Waals surface area (Å²) in [6.45, 7) is 5.08. The van der Waals surface area contributed by atoms with Crippen molar-refractivity contribution in [2.45, 2.75) is 57.8 Å². The average Bonchev–Trinajstić information content (AvgIpc) is 2.76. The van der Waals surface area contributed by atoms with Crippen molar-refractivity contribution < 1.29 is 23.1 Å². The second-order valence-corrected chi connectivity index (χ2v) is 10.4. The quantitative estimate of drug-likeness (QED) is 0.504. The van der Waals surface area contributed by atoms with Crippen LogP contribution in [0, 0.1) is 5.92 Å². The normalized spacial score (nSPS) is 21.9. The molecule has 5 nitrogen and oxygen atoms in total. The van der Waals surface area contributed by atoms with Gasteiger partial charge in [-0.2, -0.15) is 0 Å². The van der Waals surface area contributed by atoms with Crippen molar-refractivity contribution in [2.75, 3.05) is 13.2 Å². The molecule has 3 unspecified atom stereocenters. The zero-order chi connectivity index (χ0) is 21.2. The number of benzene rings is 2. The van der Waals surface area contributed by atoms with Gasteiger partial charge >= 0.3 is 8.80 Å². The van der Waals surface area contributed by atoms with Crippen LogP contribution in [0.3, 0.4) is 0 Å². The van der Waals surface area contributed by atoms with Crippen LogP contribution in [0.4, 0.5) is 0 Å². The fourth-order valence-electron chi connectivity index (χ4n) is 4.04. The lowest BCUT2D eigenvalue weighted by atomic mass is 9.84. The Morgan fingerprint density at radius 1 is 0.867 bits per heavy atom. The molecular formula is C24H34O5Si. The molecule has 164 valence electrons. The van der Waals surface area contributed by atoms with Gasteiger partial charge in [0.2, 0.25) is 0 Å². The SMILES string of the molecule is CCO[Si](CCC1CCC(O)C(Oc2ccccc2)C1)(OCC)Oc1ccccc1. The van der Waals surface area contributed by atoms with Crippen molar-refractivity contribution in [1.82, 2.24) is 0 Å². The Labute approximate surface area is 181 Å². The highest BCUT2D eigenvalue weighted by Crippen LogP contribution is 2.33. The lowest BCUT2D eigenvalue weighted by Gasteiger charge is -2.35. The molecule has 0 heterocycles. The third kappa shape index (κ3) is 6.57. The summed E-state index contributed by atoms with van der Waals surface area (Å²) in [5.41, 5.74) is 0. The zero-order valence-corrected chi connectivity index (χ0v) is 19.0. The van der Waals surface area contributed by atoms with E-state index in [4.69, 9.17) is 18.0 Å². The van der Waals surface area contributed by atoms with Crippen LogP contribution < -0.4 is 9.16 Å². The van der Waals surface area contributed by atoms with Crippen molar-refractivity contribution in [1.29, 1.82) is 0 Å². The Kier molecular flexibility index (Phi) is 8.75. The van der Waals surface area contributed by atoms with Crippen LogP contribution in [0.5, 0.6) is 11.5 Å². The smallest absolute Gasteiger partial charge is 0.501 e. The molecule has 1 N–H and O–H groups in total. The van der Waals surface area contributed by atoms with Crippen LogP contribution in [0.15, 0.2) is 60.7 Å². The number of hydrogen-bond acceptors (Lipinski definition) is 5. The molecule has 0 aromatic heterocycles. The van der Waals surface area contributed by atoms with Crippen LogP contribution in [0.2, 0.25) is 6.04 Å². The number of rotatable bonds is 11. The maximum absolute atomic E-state index is 10.4. The first-order valence-electron chi connectivity index (χ1n) is 11.1. The lowest BCUT2D eigenvalue weighted by Crippen LogP contribution is -2.49. The first-order chi connectivity index (χ1) is 14.6. The monoisotopic (exact) mass is 430 g/mol. The van der Waals surface area contributed by atoms with Gasteiger partial charge in [-0.1, -0.05) is 36.4 Å². The van der Waals surface area contributed by atoms with Crippen LogP contribution in [-0.4, -0.2) is 39.3 Å². The zero-order valence-electron chi connectivity index (χ0n) is 18.0. The summed E-state index contributed by atoms with van der Waals surface area (Å²) in [6.07, 6.45) is 2.87. The van der Waals surface area contributed by atoms with E-state index in [1.54, 1.807) is 0 Å². The highest BCUT2D eigenvalue weighted by molar-refractivity contribution is 6.61. The first kappa shape index (κ1) is 22.8. The number of aliphatic hydroxyl groups excluding tert-OH is 1. The fraction of sp³-hybridized carbons (Fsp3) is 0.500. The van der Waals surface area contributed by atoms with Crippen molar-refractivity contribution in [3.8, 4) is 11.5 Å². The molecule has 2 aromatic rings. The Bertz CT molecular complexity index is 721. The van der Waals surface area contributed by atoms with Gasteiger partial charge in [0, 0.05) is 19.3 Å². The van der Waals surface area contributed by atoms with Crippen molar-refractivity contribution in [3.05, 3.63) is 60.7 Å². The Balaban J connectivity index is 1.63. The summed E-state index contributed by atoms with van der Waals surface area (Å²) >= 11 is 0. The minimum Gasteiger partial charge on any atom is -0.501 e. The largest absolute Gasteiger partial charge is 0.566 e. The van der Waals surface area contributed by atoms with Gasteiger partial charge in [0.05, 0.1) is 6.10 Å². The predicted octanol–water partition coefficient (Wildman–Crippen LogP) is 5.08. The molecule has 0 amide bonds. The summed E-state index contributed by atoms with van der Waals surface area (Å²) in [5, 5.41) is 10.4. The van der Waals surface area contributed by atoms with Crippen LogP contribution in [-0.2, 0) is 8.85 Å². The molecule has 3 rings (SSSR count). The molecular weight excluding hydrogens is 396 g/mol. The molecule has 0 saturated heterocycles. The topological polar surface area (TPSA) is 57.2 Å². The van der Waals surface area contributed by atoms with E-state index in [0.717, 1.165) is 43.2 Å². The Hall–Kier alpha value is -1.86. The highest BCUT2D eigenvalue weighted by atomic mass is 28.4. The maximum atomic E-state index is 10.4. The molecule has 3 atom stereocenters. The van der Waals surface area contributed by atoms with Crippen molar-refractivity contribution in [3.63, 3.8) is 0 Å². The van der Waals surface area contributed by atoms with E-state index in [1.165, 1.54) is 0 Å². The summed E-state index contributed by atoms with van der Waals surface area (Å²) < 4.78 is 24.7. The molecule has 0 aliphatic heterocycles. The van der Waals surface area contributed by atoms with Crippen LogP contribution in [0.1, 0.15) is 39.5 Å². The molecule has 2 aromatic carbocycles. The third-order valence-corrected chi connectivity index (χ3v) is 8.40. The molecule has 6 heteroatoms. The fourth-order valence-corrected chi connectivity index (χ4v) is 6.77. The van der Waals surface area contributed by atoms with Gasteiger partial charge in [-0.05, 0) is 69.7 Å². The van der Waals surface area contributed by atoms with E-state index in [-0.39, 0.29) is 6.10 Å². The van der Waals surface area contributed by atoms with Gasteiger partial charge < -0.3 is 23.1 Å². The molecule has 0 spiro atoms. The molecule has 0 radical (unpaired) electrons. The second-order valence-electron chi connectivity index (χ2n) is 7.72. The van der Waals surface area contributed by atoms with E-state index in [1.807, 2.05) is 74.5 Å². The average molecular weight is 431 g/mol. The number of hydrogen-bond donors (Lipinski definition) is 1. The van der Waals surface area contributed by atoms with E-state index in [0.29, 0.717) is 19.1 Å². The molecule has 0 bridgehead atoms. The minimum atomic E-state index is -2.84. The first-order valence-corrected chi connectivity index (χ1v) is 13.0. The van der Waals surface area contributed by atoms with E-state index >= 15 is 0 Å². The van der Waals surface area contributed by atoms with Crippen LogP contribution >= 0.6 is 0 Å². The van der Waals surface area contributed by atoms with Gasteiger partial charge in [0.1, 0.15) is 17.6 Å². The predicted molar refractivity (Wildman–Crippen MR) is 120 cm³/mol. The van der Waals surface area contributed by atoms with Gasteiger partial charge in [-0.15, -0.1) is 0 Å². The molecule has 1 saturated carbocycles. The second kappa shape index (κ2) is 11.5. The number of para-hydroxylation sites is 2. The number of aliphatic hydroxyl groups is 1.